The molecular formula is C22H17BrN4O. The molecule has 0 saturated carbocycles. The summed E-state index contributed by atoms with van der Waals surface area (Å²) in [4.78, 5) is 21.2. The Kier molecular flexibility index (Phi) is 5.30. The first kappa shape index (κ1) is 18.1. The van der Waals surface area contributed by atoms with Crippen LogP contribution >= 0.6 is 15.9 Å². The number of hydrogen-bond acceptors (Lipinski definition) is 4. The summed E-state index contributed by atoms with van der Waals surface area (Å²) >= 11 is 3.49. The van der Waals surface area contributed by atoms with E-state index in [0.717, 1.165) is 26.5 Å². The normalized spacial score (nSPS) is 10.6. The molecule has 0 bridgehead atoms. The zero-order valence-electron chi connectivity index (χ0n) is 14.9. The lowest BCUT2D eigenvalue weighted by atomic mass is 10.1. The Morgan fingerprint density at radius 2 is 1.75 bits per heavy atom. The van der Waals surface area contributed by atoms with Crippen LogP contribution in [-0.2, 0) is 6.54 Å². The molecule has 0 radical (unpaired) electrons. The summed E-state index contributed by atoms with van der Waals surface area (Å²) in [5, 5.41) is 8.28. The summed E-state index contributed by atoms with van der Waals surface area (Å²) in [6, 6.07) is 19.1. The van der Waals surface area contributed by atoms with Gasteiger partial charge in [-0.05, 0) is 51.1 Å². The van der Waals surface area contributed by atoms with E-state index in [9.17, 15) is 4.79 Å². The average Bonchev–Trinajstić information content (AvgIpc) is 2.73. The van der Waals surface area contributed by atoms with Crippen molar-refractivity contribution in [2.45, 2.75) is 6.54 Å². The van der Waals surface area contributed by atoms with E-state index in [0.29, 0.717) is 17.9 Å². The zero-order chi connectivity index (χ0) is 19.3. The van der Waals surface area contributed by atoms with Crippen LogP contribution in [0.2, 0.25) is 0 Å². The second kappa shape index (κ2) is 8.19. The monoisotopic (exact) mass is 432 g/mol. The Balaban J connectivity index is 1.53. The predicted octanol–water partition coefficient (Wildman–Crippen LogP) is 5.26. The van der Waals surface area contributed by atoms with Gasteiger partial charge in [0.2, 0.25) is 0 Å². The number of carbonyl (C=O) groups is 1. The van der Waals surface area contributed by atoms with Crippen molar-refractivity contribution in [1.82, 2.24) is 9.97 Å². The summed E-state index contributed by atoms with van der Waals surface area (Å²) in [5.41, 5.74) is 2.37. The van der Waals surface area contributed by atoms with Gasteiger partial charge >= 0.3 is 0 Å². The van der Waals surface area contributed by atoms with Crippen molar-refractivity contribution in [2.75, 3.05) is 10.6 Å². The van der Waals surface area contributed by atoms with Gasteiger partial charge in [0.15, 0.2) is 0 Å². The smallest absolute Gasteiger partial charge is 0.258 e. The molecular weight excluding hydrogens is 416 g/mol. The predicted molar refractivity (Wildman–Crippen MR) is 115 cm³/mol. The summed E-state index contributed by atoms with van der Waals surface area (Å²) in [6.45, 7) is 0.571. The van der Waals surface area contributed by atoms with Gasteiger partial charge in [-0.1, -0.05) is 36.4 Å². The van der Waals surface area contributed by atoms with Gasteiger partial charge in [0.05, 0.1) is 5.56 Å². The van der Waals surface area contributed by atoms with Crippen molar-refractivity contribution >= 4 is 44.1 Å². The fraction of sp³-hybridized carbons (Fsp3) is 0.0455. The number of carbonyl (C=O) groups excluding carboxylic acids is 1. The minimum atomic E-state index is -0.209. The van der Waals surface area contributed by atoms with Crippen molar-refractivity contribution in [2.24, 2.45) is 0 Å². The molecule has 2 aromatic carbocycles. The molecule has 0 saturated heterocycles. The number of amides is 1. The van der Waals surface area contributed by atoms with Crippen molar-refractivity contribution in [3.05, 3.63) is 94.9 Å². The SMILES string of the molecule is O=C(Nc1cc2ccccc2cn1)c1ccccc1NCc1ccncc1Br. The van der Waals surface area contributed by atoms with Gasteiger partial charge in [0.1, 0.15) is 5.82 Å². The van der Waals surface area contributed by atoms with Crippen LogP contribution in [0.25, 0.3) is 10.8 Å². The lowest BCUT2D eigenvalue weighted by Crippen LogP contribution is -2.15. The Bertz CT molecular complexity index is 1150. The van der Waals surface area contributed by atoms with E-state index in [1.54, 1.807) is 24.7 Å². The number of para-hydroxylation sites is 1. The van der Waals surface area contributed by atoms with Gasteiger partial charge in [0, 0.05) is 40.7 Å². The second-order valence-electron chi connectivity index (χ2n) is 6.24. The van der Waals surface area contributed by atoms with E-state index in [-0.39, 0.29) is 5.91 Å². The van der Waals surface area contributed by atoms with E-state index >= 15 is 0 Å². The zero-order valence-corrected chi connectivity index (χ0v) is 16.5. The number of fused-ring (bicyclic) bond motifs is 1. The minimum Gasteiger partial charge on any atom is -0.380 e. The number of benzene rings is 2. The molecule has 0 aliphatic heterocycles. The van der Waals surface area contributed by atoms with Gasteiger partial charge in [-0.25, -0.2) is 4.98 Å². The third-order valence-electron chi connectivity index (χ3n) is 4.37. The first-order valence-electron chi connectivity index (χ1n) is 8.78. The van der Waals surface area contributed by atoms with Crippen molar-refractivity contribution < 1.29 is 4.79 Å². The van der Waals surface area contributed by atoms with Crippen LogP contribution in [0.3, 0.4) is 0 Å². The Morgan fingerprint density at radius 3 is 2.61 bits per heavy atom. The van der Waals surface area contributed by atoms with Crippen LogP contribution in [0.15, 0.2) is 83.7 Å². The number of rotatable bonds is 5. The highest BCUT2D eigenvalue weighted by Crippen LogP contribution is 2.21. The number of hydrogen-bond donors (Lipinski definition) is 2. The van der Waals surface area contributed by atoms with Crippen molar-refractivity contribution in [3.8, 4) is 0 Å². The van der Waals surface area contributed by atoms with Crippen LogP contribution in [0.4, 0.5) is 11.5 Å². The number of nitrogens with zero attached hydrogens (tertiary/aromatic N) is 2. The average molecular weight is 433 g/mol. The highest BCUT2D eigenvalue weighted by molar-refractivity contribution is 9.10. The molecule has 0 atom stereocenters. The lowest BCUT2D eigenvalue weighted by Gasteiger charge is -2.13. The highest BCUT2D eigenvalue weighted by Gasteiger charge is 2.12. The van der Waals surface area contributed by atoms with Gasteiger partial charge < -0.3 is 10.6 Å². The molecule has 2 N–H and O–H groups in total. The lowest BCUT2D eigenvalue weighted by molar-refractivity contribution is 0.102. The molecule has 1 amide bonds. The van der Waals surface area contributed by atoms with Crippen LogP contribution in [0.5, 0.6) is 0 Å². The molecule has 6 heteroatoms. The molecule has 0 aliphatic carbocycles. The van der Waals surface area contributed by atoms with Crippen molar-refractivity contribution in [3.63, 3.8) is 0 Å². The third kappa shape index (κ3) is 4.02. The maximum atomic E-state index is 12.8. The number of nitrogens with one attached hydrogen (secondary N) is 2. The molecule has 0 spiro atoms. The van der Waals surface area contributed by atoms with Gasteiger partial charge in [-0.3, -0.25) is 9.78 Å². The summed E-state index contributed by atoms with van der Waals surface area (Å²) < 4.78 is 0.921. The van der Waals surface area contributed by atoms with Crippen LogP contribution in [0.1, 0.15) is 15.9 Å². The van der Waals surface area contributed by atoms with E-state index in [4.69, 9.17) is 0 Å². The molecule has 5 nitrogen and oxygen atoms in total. The molecule has 2 heterocycles. The standard InChI is InChI=1S/C22H17BrN4O/c23-19-14-24-10-9-17(19)13-25-20-8-4-3-7-18(20)22(28)27-21-11-15-5-1-2-6-16(15)12-26-21/h1-12,14,25H,13H2,(H,26,27,28). The van der Waals surface area contributed by atoms with E-state index in [1.165, 1.54) is 0 Å². The minimum absolute atomic E-state index is 0.209. The fourth-order valence-corrected chi connectivity index (χ4v) is 3.30. The third-order valence-corrected chi connectivity index (χ3v) is 5.08. The quantitative estimate of drug-likeness (QED) is 0.451. The number of anilines is 2. The second-order valence-corrected chi connectivity index (χ2v) is 7.09. The van der Waals surface area contributed by atoms with Crippen molar-refractivity contribution in [1.29, 1.82) is 0 Å². The molecule has 0 aliphatic rings. The number of halogens is 1. The molecule has 0 unspecified atom stereocenters. The fourth-order valence-electron chi connectivity index (χ4n) is 2.91. The maximum absolute atomic E-state index is 12.8. The highest BCUT2D eigenvalue weighted by atomic mass is 79.9. The van der Waals surface area contributed by atoms with Crippen LogP contribution < -0.4 is 10.6 Å². The Hall–Kier alpha value is -3.25. The largest absolute Gasteiger partial charge is 0.380 e. The van der Waals surface area contributed by atoms with E-state index in [2.05, 4.69) is 36.5 Å². The molecule has 138 valence electrons. The molecule has 28 heavy (non-hydrogen) atoms. The van der Waals surface area contributed by atoms with Gasteiger partial charge in [-0.15, -0.1) is 0 Å². The van der Waals surface area contributed by atoms with Gasteiger partial charge in [0.25, 0.3) is 5.91 Å². The Morgan fingerprint density at radius 1 is 0.964 bits per heavy atom. The first-order valence-corrected chi connectivity index (χ1v) is 9.57. The summed E-state index contributed by atoms with van der Waals surface area (Å²) in [6.07, 6.45) is 5.25. The van der Waals surface area contributed by atoms with E-state index < -0.39 is 0 Å². The molecule has 2 aromatic heterocycles. The Labute approximate surface area is 171 Å². The topological polar surface area (TPSA) is 66.9 Å². The molecule has 0 fully saturated rings. The maximum Gasteiger partial charge on any atom is 0.258 e. The molecule has 4 aromatic rings. The summed E-state index contributed by atoms with van der Waals surface area (Å²) in [5.74, 6) is 0.315. The summed E-state index contributed by atoms with van der Waals surface area (Å²) in [7, 11) is 0. The number of aromatic nitrogens is 2. The van der Waals surface area contributed by atoms with Crippen LogP contribution in [0, 0.1) is 0 Å². The van der Waals surface area contributed by atoms with Gasteiger partial charge in [-0.2, -0.15) is 0 Å². The number of pyridine rings is 2. The van der Waals surface area contributed by atoms with Crippen LogP contribution in [-0.4, -0.2) is 15.9 Å². The molecule has 4 rings (SSSR count). The first-order chi connectivity index (χ1) is 13.7. The van der Waals surface area contributed by atoms with E-state index in [1.807, 2.05) is 54.6 Å².